The first-order valence-corrected chi connectivity index (χ1v) is 11.1. The number of pyridine rings is 1. The lowest BCUT2D eigenvalue weighted by Gasteiger charge is -2.37. The zero-order valence-electron chi connectivity index (χ0n) is 19.4. The Kier molecular flexibility index (Phi) is 6.41. The van der Waals surface area contributed by atoms with Crippen molar-refractivity contribution in [2.45, 2.75) is 44.3 Å². The first kappa shape index (κ1) is 25.8. The molecule has 0 radical (unpaired) electrons. The number of aromatic nitrogens is 3. The second-order valence-corrected chi connectivity index (χ2v) is 9.50. The third-order valence-electron chi connectivity index (χ3n) is 6.05. The Bertz CT molecular complexity index is 1380. The van der Waals surface area contributed by atoms with E-state index in [0.717, 1.165) is 4.57 Å². The number of hydrogen-bond donors (Lipinski definition) is 2. The van der Waals surface area contributed by atoms with E-state index in [1.807, 2.05) is 0 Å². The highest BCUT2D eigenvalue weighted by Crippen LogP contribution is 2.32. The number of halogens is 5. The minimum atomic E-state index is -4.86. The maximum Gasteiger partial charge on any atom is 0.417 e. The fourth-order valence-corrected chi connectivity index (χ4v) is 4.59. The number of imidazole rings is 1. The first-order valence-electron chi connectivity index (χ1n) is 11.1. The molecule has 2 aromatic heterocycles. The normalized spacial score (nSPS) is 19.7. The van der Waals surface area contributed by atoms with Gasteiger partial charge in [-0.2, -0.15) is 13.2 Å². The molecule has 2 atom stereocenters. The first-order chi connectivity index (χ1) is 16.7. The van der Waals surface area contributed by atoms with Crippen LogP contribution in [0.1, 0.15) is 42.2 Å². The van der Waals surface area contributed by atoms with E-state index in [4.69, 9.17) is 5.73 Å². The largest absolute Gasteiger partial charge is 0.417 e. The molecule has 1 fully saturated rings. The predicted octanol–water partition coefficient (Wildman–Crippen LogP) is 2.80. The molecule has 8 nitrogen and oxygen atoms in total. The Balaban J connectivity index is 1.86. The molecule has 0 unspecified atom stereocenters. The van der Waals surface area contributed by atoms with Crippen molar-refractivity contribution < 1.29 is 31.9 Å². The molecule has 0 saturated carbocycles. The quantitative estimate of drug-likeness (QED) is 0.511. The molecule has 1 saturated heterocycles. The van der Waals surface area contributed by atoms with E-state index in [2.05, 4.69) is 4.98 Å². The van der Waals surface area contributed by atoms with Crippen LogP contribution in [-0.2, 0) is 6.18 Å². The molecule has 0 bridgehead atoms. The molecule has 13 heteroatoms. The number of primary amides is 1. The van der Waals surface area contributed by atoms with Crippen LogP contribution in [0.15, 0.2) is 35.3 Å². The highest BCUT2D eigenvalue weighted by Gasteiger charge is 2.36. The Hall–Kier alpha value is -3.32. The molecule has 1 aliphatic heterocycles. The number of carbonyl (C=O) groups is 1. The molecule has 1 aliphatic rings. The van der Waals surface area contributed by atoms with Gasteiger partial charge in [0.05, 0.1) is 28.2 Å². The summed E-state index contributed by atoms with van der Waals surface area (Å²) in [6.07, 6.45) is -5.86. The molecule has 1 amide bonds. The number of β-amino-alcohol motifs (C(OH)–C–C–N with tert-alkyl or cyclic N) is 1. The van der Waals surface area contributed by atoms with Crippen LogP contribution < -0.4 is 11.4 Å². The number of nitrogens with two attached hydrogens (primary N) is 1. The van der Waals surface area contributed by atoms with Crippen LogP contribution in [0, 0.1) is 5.82 Å². The average molecular weight is 513 g/mol. The highest BCUT2D eigenvalue weighted by atomic mass is 19.4. The van der Waals surface area contributed by atoms with E-state index in [0.29, 0.717) is 17.3 Å². The topological polar surface area (TPSA) is 106 Å². The monoisotopic (exact) mass is 513 g/mol. The van der Waals surface area contributed by atoms with Crippen molar-refractivity contribution in [2.24, 2.45) is 5.73 Å². The van der Waals surface area contributed by atoms with Crippen LogP contribution in [0.3, 0.4) is 0 Å². The number of aliphatic hydroxyl groups is 1. The Morgan fingerprint density at radius 1 is 1.22 bits per heavy atom. The van der Waals surface area contributed by atoms with Gasteiger partial charge in [0.15, 0.2) is 11.6 Å². The fourth-order valence-electron chi connectivity index (χ4n) is 4.59. The summed E-state index contributed by atoms with van der Waals surface area (Å²) in [6.45, 7) is 3.65. The Morgan fingerprint density at radius 2 is 1.92 bits per heavy atom. The molecule has 0 spiro atoms. The number of carbonyl (C=O) groups excluding carboxylic acids is 1. The lowest BCUT2D eigenvalue weighted by atomic mass is 10.00. The maximum absolute atomic E-state index is 15.4. The molecule has 36 heavy (non-hydrogen) atoms. The molecule has 1 aromatic carbocycles. The van der Waals surface area contributed by atoms with E-state index in [9.17, 15) is 32.3 Å². The van der Waals surface area contributed by atoms with Gasteiger partial charge in [-0.25, -0.2) is 23.1 Å². The van der Waals surface area contributed by atoms with Gasteiger partial charge in [0.25, 0.3) is 0 Å². The van der Waals surface area contributed by atoms with Crippen molar-refractivity contribution in [3.05, 3.63) is 57.9 Å². The number of fused-ring (bicyclic) bond motifs is 1. The number of benzene rings is 1. The summed E-state index contributed by atoms with van der Waals surface area (Å²) >= 11 is 0. The summed E-state index contributed by atoms with van der Waals surface area (Å²) in [6, 6.07) is 3.08. The molecular weight excluding hydrogens is 489 g/mol. The second-order valence-electron chi connectivity index (χ2n) is 9.50. The van der Waals surface area contributed by atoms with Gasteiger partial charge < -0.3 is 10.8 Å². The van der Waals surface area contributed by atoms with Crippen molar-refractivity contribution in [1.82, 2.24) is 19.0 Å². The smallest absolute Gasteiger partial charge is 0.389 e. The van der Waals surface area contributed by atoms with Gasteiger partial charge in [0, 0.05) is 31.4 Å². The maximum atomic E-state index is 15.4. The number of likely N-dealkylation sites (tertiary alicyclic amines) is 1. The van der Waals surface area contributed by atoms with Crippen molar-refractivity contribution in [3.8, 4) is 5.82 Å². The van der Waals surface area contributed by atoms with E-state index >= 15 is 4.39 Å². The SMILES string of the molecule is CC(C)(O)CN1CC[C@@H](n2c(=O)n(-c3ncc(C(F)(F)F)cc3F)c3cc(C(N)=O)ccc32)[C@@H](F)C1. The molecule has 3 N–H and O–H groups in total. The van der Waals surface area contributed by atoms with Crippen LogP contribution in [0.25, 0.3) is 16.9 Å². The van der Waals surface area contributed by atoms with E-state index in [1.165, 1.54) is 18.2 Å². The molecule has 3 heterocycles. The van der Waals surface area contributed by atoms with Crippen LogP contribution in [0.4, 0.5) is 22.0 Å². The van der Waals surface area contributed by atoms with E-state index in [-0.39, 0.29) is 42.2 Å². The zero-order valence-corrected chi connectivity index (χ0v) is 19.4. The van der Waals surface area contributed by atoms with Crippen molar-refractivity contribution in [1.29, 1.82) is 0 Å². The number of nitrogens with zero attached hydrogens (tertiary/aromatic N) is 4. The Morgan fingerprint density at radius 3 is 2.47 bits per heavy atom. The summed E-state index contributed by atoms with van der Waals surface area (Å²) in [4.78, 5) is 30.5. The number of amides is 1. The number of rotatable bonds is 5. The van der Waals surface area contributed by atoms with E-state index in [1.54, 1.807) is 18.7 Å². The third kappa shape index (κ3) is 4.85. The van der Waals surface area contributed by atoms with Gasteiger partial charge in [-0.15, -0.1) is 0 Å². The summed E-state index contributed by atoms with van der Waals surface area (Å²) in [7, 11) is 0. The predicted molar refractivity (Wildman–Crippen MR) is 120 cm³/mol. The second kappa shape index (κ2) is 8.96. The summed E-state index contributed by atoms with van der Waals surface area (Å²) in [5.74, 6) is -3.01. The highest BCUT2D eigenvalue weighted by molar-refractivity contribution is 5.96. The van der Waals surface area contributed by atoms with Crippen LogP contribution in [-0.4, -0.2) is 61.4 Å². The van der Waals surface area contributed by atoms with E-state index < -0.39 is 52.8 Å². The van der Waals surface area contributed by atoms with Crippen molar-refractivity contribution in [2.75, 3.05) is 19.6 Å². The molecular formula is C23H24F5N5O3. The molecule has 0 aliphatic carbocycles. The molecule has 4 rings (SSSR count). The van der Waals surface area contributed by atoms with Crippen molar-refractivity contribution >= 4 is 16.9 Å². The van der Waals surface area contributed by atoms with Gasteiger partial charge >= 0.3 is 11.9 Å². The third-order valence-corrected chi connectivity index (χ3v) is 6.05. The minimum absolute atomic E-state index is 0.0440. The zero-order chi connectivity index (χ0) is 26.6. The number of piperidine rings is 1. The van der Waals surface area contributed by atoms with Gasteiger partial charge in [0.2, 0.25) is 5.91 Å². The van der Waals surface area contributed by atoms with Gasteiger partial charge in [-0.1, -0.05) is 0 Å². The summed E-state index contributed by atoms with van der Waals surface area (Å²) in [5, 5.41) is 10.0. The molecule has 3 aromatic rings. The minimum Gasteiger partial charge on any atom is -0.389 e. The summed E-state index contributed by atoms with van der Waals surface area (Å²) < 4.78 is 71.1. The van der Waals surface area contributed by atoms with Crippen LogP contribution in [0.2, 0.25) is 0 Å². The summed E-state index contributed by atoms with van der Waals surface area (Å²) in [5.41, 5.74) is 2.03. The average Bonchev–Trinajstić information content (AvgIpc) is 3.03. The fraction of sp³-hybridized carbons (Fsp3) is 0.435. The number of alkyl halides is 4. The number of hydrogen-bond acceptors (Lipinski definition) is 5. The Labute approximate surface area is 201 Å². The van der Waals surface area contributed by atoms with Crippen molar-refractivity contribution in [3.63, 3.8) is 0 Å². The van der Waals surface area contributed by atoms with Gasteiger partial charge in [-0.05, 0) is 44.5 Å². The standard InChI is InChI=1S/C23H24F5N5O3/c1-22(2,36)11-31-6-5-16(15(25)10-31)32-17-4-3-12(19(29)34)7-18(17)33(21(32)35)20-14(24)8-13(9-30-20)23(26,27)28/h3-4,7-9,15-16,36H,5-6,10-11H2,1-2H3,(H2,29,34)/t15-,16+/m0/s1. The van der Waals surface area contributed by atoms with Gasteiger partial charge in [-0.3, -0.25) is 14.3 Å². The molecule has 194 valence electrons. The lowest BCUT2D eigenvalue weighted by Crippen LogP contribution is -2.49. The van der Waals surface area contributed by atoms with Gasteiger partial charge in [0.1, 0.15) is 6.17 Å². The van der Waals surface area contributed by atoms with Crippen LogP contribution in [0.5, 0.6) is 0 Å². The lowest BCUT2D eigenvalue weighted by molar-refractivity contribution is -0.138. The van der Waals surface area contributed by atoms with Crippen LogP contribution >= 0.6 is 0 Å².